The molecule has 0 fully saturated rings. The average molecular weight is 827 g/mol. The van der Waals surface area contributed by atoms with Gasteiger partial charge in [-0.15, -0.1) is 0 Å². The predicted molar refractivity (Wildman–Crippen MR) is 263 cm³/mol. The third kappa shape index (κ3) is 5.95. The van der Waals surface area contributed by atoms with Crippen molar-refractivity contribution in [3.8, 4) is 51.0 Å². The fourth-order valence-electron chi connectivity index (χ4n) is 10.6. The second-order valence-electron chi connectivity index (χ2n) is 17.9. The molecule has 5 heteroatoms. The molecule has 11 aromatic rings. The molecule has 3 aromatic heterocycles. The Bertz CT molecular complexity index is 3580. The number of aromatic nitrogens is 4. The van der Waals surface area contributed by atoms with Gasteiger partial charge in [-0.2, -0.15) is 9.97 Å². The molecule has 0 saturated heterocycles. The molecule has 64 heavy (non-hydrogen) atoms. The highest BCUT2D eigenvalue weighted by Crippen LogP contribution is 2.51. The number of nitrogens with zero attached hydrogens (tertiary/aromatic N) is 4. The maximum absolute atomic E-state index is 6.34. The van der Waals surface area contributed by atoms with E-state index < -0.39 is 0 Å². The predicted octanol–water partition coefficient (Wildman–Crippen LogP) is 15.2. The van der Waals surface area contributed by atoms with Gasteiger partial charge in [-0.1, -0.05) is 166 Å². The van der Waals surface area contributed by atoms with Gasteiger partial charge in [0, 0.05) is 38.1 Å². The normalized spacial score (nSPS) is 13.5. The molecule has 5 nitrogen and oxygen atoms in total. The Kier molecular flexibility index (Phi) is 8.77. The molecule has 0 radical (unpaired) electrons. The van der Waals surface area contributed by atoms with Gasteiger partial charge in [0.25, 0.3) is 0 Å². The standard InChI is InChI=1S/C59H46N4O/c1-5-37(34-40-16-6-7-17-43(40)42-32-33-50-55(36(42)2)48-21-8-12-22-49(48)59(50,3)4)38-26-28-39(29-27-38)56-60-57(41-30-31-47-46-20-11-15-25-53(46)64-54(47)35-41)62-58(61-56)63-51-23-13-9-18-44(51)45-19-10-14-24-52(45)63/h6-33,35,37H,5,34H2,1-4H3. The van der Waals surface area contributed by atoms with E-state index in [9.17, 15) is 0 Å². The molecule has 3 heterocycles. The lowest BCUT2D eigenvalue weighted by molar-refractivity contribution is 0.659. The zero-order chi connectivity index (χ0) is 43.1. The topological polar surface area (TPSA) is 56.7 Å². The van der Waals surface area contributed by atoms with E-state index in [0.29, 0.717) is 23.5 Å². The van der Waals surface area contributed by atoms with Gasteiger partial charge in [-0.3, -0.25) is 4.57 Å². The molecule has 8 aromatic carbocycles. The fraction of sp³-hybridized carbons (Fsp3) is 0.136. The number of fused-ring (bicyclic) bond motifs is 9. The van der Waals surface area contributed by atoms with E-state index in [1.165, 1.54) is 50.1 Å². The quantitative estimate of drug-likeness (QED) is 0.153. The summed E-state index contributed by atoms with van der Waals surface area (Å²) in [4.78, 5) is 15.7. The van der Waals surface area contributed by atoms with Gasteiger partial charge in [0.1, 0.15) is 11.2 Å². The van der Waals surface area contributed by atoms with E-state index in [4.69, 9.17) is 19.4 Å². The van der Waals surface area contributed by atoms with Crippen LogP contribution in [-0.2, 0) is 11.8 Å². The van der Waals surface area contributed by atoms with Crippen molar-refractivity contribution < 1.29 is 4.42 Å². The molecule has 0 aliphatic heterocycles. The third-order valence-corrected chi connectivity index (χ3v) is 14.0. The van der Waals surface area contributed by atoms with Crippen molar-refractivity contribution in [3.63, 3.8) is 0 Å². The Morgan fingerprint density at radius 3 is 1.89 bits per heavy atom. The van der Waals surface area contributed by atoms with Crippen LogP contribution >= 0.6 is 0 Å². The average Bonchev–Trinajstić information content (AvgIpc) is 3.96. The zero-order valence-corrected chi connectivity index (χ0v) is 36.4. The Balaban J connectivity index is 0.929. The number of benzene rings is 8. The van der Waals surface area contributed by atoms with Crippen LogP contribution in [-0.4, -0.2) is 19.5 Å². The summed E-state index contributed by atoms with van der Waals surface area (Å²) in [6.07, 6.45) is 1.94. The Morgan fingerprint density at radius 1 is 0.531 bits per heavy atom. The maximum atomic E-state index is 6.34. The molecule has 12 rings (SSSR count). The summed E-state index contributed by atoms with van der Waals surface area (Å²) in [6.45, 7) is 9.33. The van der Waals surface area contributed by atoms with Crippen LogP contribution in [0.5, 0.6) is 0 Å². The number of hydrogen-bond donors (Lipinski definition) is 0. The van der Waals surface area contributed by atoms with E-state index in [2.05, 4.69) is 190 Å². The van der Waals surface area contributed by atoms with Gasteiger partial charge in [-0.25, -0.2) is 4.98 Å². The van der Waals surface area contributed by atoms with Gasteiger partial charge in [0.15, 0.2) is 11.6 Å². The van der Waals surface area contributed by atoms with Gasteiger partial charge in [-0.05, 0) is 106 Å². The van der Waals surface area contributed by atoms with Gasteiger partial charge >= 0.3 is 0 Å². The minimum atomic E-state index is -0.0204. The molecule has 0 saturated carbocycles. The molecule has 0 N–H and O–H groups in total. The second kappa shape index (κ2) is 14.7. The first-order valence-electron chi connectivity index (χ1n) is 22.4. The molecule has 1 unspecified atom stereocenters. The van der Waals surface area contributed by atoms with Crippen molar-refractivity contribution in [1.82, 2.24) is 19.5 Å². The molecular weight excluding hydrogens is 781 g/mol. The van der Waals surface area contributed by atoms with Crippen molar-refractivity contribution in [2.75, 3.05) is 0 Å². The lowest BCUT2D eigenvalue weighted by Crippen LogP contribution is -2.15. The van der Waals surface area contributed by atoms with E-state index in [-0.39, 0.29) is 5.41 Å². The molecule has 1 aliphatic rings. The minimum Gasteiger partial charge on any atom is -0.456 e. The van der Waals surface area contributed by atoms with Crippen LogP contribution in [0.2, 0.25) is 0 Å². The number of rotatable bonds is 8. The molecular formula is C59H46N4O. The van der Waals surface area contributed by atoms with Crippen molar-refractivity contribution in [1.29, 1.82) is 0 Å². The summed E-state index contributed by atoms with van der Waals surface area (Å²) in [5.74, 6) is 2.10. The van der Waals surface area contributed by atoms with Crippen LogP contribution in [0.4, 0.5) is 0 Å². The zero-order valence-electron chi connectivity index (χ0n) is 36.4. The van der Waals surface area contributed by atoms with Crippen LogP contribution in [0.3, 0.4) is 0 Å². The van der Waals surface area contributed by atoms with Crippen molar-refractivity contribution in [2.45, 2.75) is 51.9 Å². The van der Waals surface area contributed by atoms with Crippen LogP contribution in [0.15, 0.2) is 180 Å². The molecule has 1 atom stereocenters. The van der Waals surface area contributed by atoms with Crippen LogP contribution < -0.4 is 0 Å². The van der Waals surface area contributed by atoms with E-state index >= 15 is 0 Å². The first-order valence-corrected chi connectivity index (χ1v) is 22.4. The van der Waals surface area contributed by atoms with Gasteiger partial charge in [0.2, 0.25) is 5.95 Å². The molecule has 1 aliphatic carbocycles. The number of furan rings is 1. The summed E-state index contributed by atoms with van der Waals surface area (Å²) in [6, 6.07) is 63.0. The summed E-state index contributed by atoms with van der Waals surface area (Å²) in [7, 11) is 0. The van der Waals surface area contributed by atoms with Crippen LogP contribution in [0.25, 0.3) is 94.7 Å². The largest absolute Gasteiger partial charge is 0.456 e. The minimum absolute atomic E-state index is 0.0204. The Hall–Kier alpha value is -7.63. The van der Waals surface area contributed by atoms with E-state index in [1.807, 2.05) is 18.2 Å². The SMILES string of the molecule is CCC(Cc1ccccc1-c1ccc2c(c1C)-c1ccccc1C2(C)C)c1ccc(-c2nc(-c3ccc4c(c3)oc3ccccc34)nc(-n3c4ccccc4c4ccccc43)n2)cc1. The van der Waals surface area contributed by atoms with Crippen molar-refractivity contribution in [3.05, 3.63) is 204 Å². The maximum Gasteiger partial charge on any atom is 0.238 e. The first-order chi connectivity index (χ1) is 31.4. The smallest absolute Gasteiger partial charge is 0.238 e. The second-order valence-corrected chi connectivity index (χ2v) is 17.9. The molecule has 0 amide bonds. The van der Waals surface area contributed by atoms with Gasteiger partial charge in [0.05, 0.1) is 11.0 Å². The Labute approximate surface area is 372 Å². The first kappa shape index (κ1) is 38.1. The fourth-order valence-corrected chi connectivity index (χ4v) is 10.6. The third-order valence-electron chi connectivity index (χ3n) is 14.0. The molecule has 0 spiro atoms. The summed E-state index contributed by atoms with van der Waals surface area (Å²) < 4.78 is 8.50. The summed E-state index contributed by atoms with van der Waals surface area (Å²) in [5.41, 5.74) is 17.8. The lowest BCUT2D eigenvalue weighted by atomic mass is 9.80. The molecule has 0 bridgehead atoms. The monoisotopic (exact) mass is 826 g/mol. The highest BCUT2D eigenvalue weighted by atomic mass is 16.3. The van der Waals surface area contributed by atoms with Crippen LogP contribution in [0.1, 0.15) is 60.9 Å². The summed E-state index contributed by atoms with van der Waals surface area (Å²) in [5, 5.41) is 4.47. The number of para-hydroxylation sites is 3. The lowest BCUT2D eigenvalue weighted by Gasteiger charge is -2.23. The Morgan fingerprint density at radius 2 is 1.14 bits per heavy atom. The highest BCUT2D eigenvalue weighted by molar-refractivity contribution is 6.09. The van der Waals surface area contributed by atoms with Crippen LogP contribution in [0, 0.1) is 6.92 Å². The van der Waals surface area contributed by atoms with E-state index in [0.717, 1.165) is 67.7 Å². The van der Waals surface area contributed by atoms with E-state index in [1.54, 1.807) is 0 Å². The highest BCUT2D eigenvalue weighted by Gasteiger charge is 2.36. The van der Waals surface area contributed by atoms with Crippen molar-refractivity contribution in [2.24, 2.45) is 0 Å². The van der Waals surface area contributed by atoms with Gasteiger partial charge < -0.3 is 4.42 Å². The number of hydrogen-bond acceptors (Lipinski definition) is 4. The summed E-state index contributed by atoms with van der Waals surface area (Å²) >= 11 is 0. The molecule has 308 valence electrons. The van der Waals surface area contributed by atoms with Crippen molar-refractivity contribution >= 4 is 43.7 Å².